The second kappa shape index (κ2) is 7.18. The average molecular weight is 195 g/mol. The molecule has 0 rings (SSSR count). The Hall–Kier alpha value is -1.25. The Morgan fingerprint density at radius 2 is 1.79 bits per heavy atom. The summed E-state index contributed by atoms with van der Waals surface area (Å²) in [5, 5.41) is 0. The standard InChI is InChI=1S/C11H21N3/c1-9(2)5-4-6-10(3)7-8-14-11(12)13/h5,7H,4,6,8H2,1-3H3,(H4,12,13,14). The molecule has 0 unspecified atom stereocenters. The molecule has 0 aromatic heterocycles. The summed E-state index contributed by atoms with van der Waals surface area (Å²) in [5.41, 5.74) is 13.1. The number of nitrogens with two attached hydrogens (primary N) is 2. The molecular formula is C11H21N3. The van der Waals surface area contributed by atoms with E-state index < -0.39 is 0 Å². The van der Waals surface area contributed by atoms with Crippen LogP contribution in [0.4, 0.5) is 0 Å². The molecule has 0 aromatic carbocycles. The summed E-state index contributed by atoms with van der Waals surface area (Å²) in [7, 11) is 0. The number of hydrogen-bond donors (Lipinski definition) is 2. The highest BCUT2D eigenvalue weighted by Gasteiger charge is 1.88. The molecule has 0 heterocycles. The van der Waals surface area contributed by atoms with E-state index in [0.29, 0.717) is 6.54 Å². The highest BCUT2D eigenvalue weighted by atomic mass is 15.0. The van der Waals surface area contributed by atoms with Crippen molar-refractivity contribution in [2.45, 2.75) is 33.6 Å². The van der Waals surface area contributed by atoms with Gasteiger partial charge in [-0.05, 0) is 33.6 Å². The third-order valence-corrected chi connectivity index (χ3v) is 1.80. The molecule has 3 heteroatoms. The molecule has 0 aromatic rings. The van der Waals surface area contributed by atoms with Gasteiger partial charge in [0, 0.05) is 0 Å². The maximum absolute atomic E-state index is 5.21. The molecular weight excluding hydrogens is 174 g/mol. The smallest absolute Gasteiger partial charge is 0.186 e. The van der Waals surface area contributed by atoms with Gasteiger partial charge in [-0.1, -0.05) is 23.3 Å². The van der Waals surface area contributed by atoms with Gasteiger partial charge in [-0.15, -0.1) is 0 Å². The molecule has 0 atom stereocenters. The Kier molecular flexibility index (Phi) is 6.54. The molecule has 3 nitrogen and oxygen atoms in total. The molecule has 80 valence electrons. The van der Waals surface area contributed by atoms with Crippen molar-refractivity contribution >= 4 is 5.96 Å². The zero-order valence-corrected chi connectivity index (χ0v) is 9.38. The highest BCUT2D eigenvalue weighted by Crippen LogP contribution is 2.06. The van der Waals surface area contributed by atoms with Gasteiger partial charge < -0.3 is 11.5 Å². The first-order valence-electron chi connectivity index (χ1n) is 4.86. The Bertz CT molecular complexity index is 241. The topological polar surface area (TPSA) is 64.4 Å². The van der Waals surface area contributed by atoms with Gasteiger partial charge in [0.05, 0.1) is 6.54 Å². The second-order valence-electron chi connectivity index (χ2n) is 3.64. The second-order valence-corrected chi connectivity index (χ2v) is 3.64. The van der Waals surface area contributed by atoms with Crippen LogP contribution in [0.1, 0.15) is 33.6 Å². The first kappa shape index (κ1) is 12.8. The van der Waals surface area contributed by atoms with Crippen LogP contribution < -0.4 is 11.5 Å². The van der Waals surface area contributed by atoms with Crippen molar-refractivity contribution in [3.63, 3.8) is 0 Å². The number of rotatable bonds is 5. The molecule has 0 saturated carbocycles. The number of allylic oxidation sites excluding steroid dienone is 3. The fourth-order valence-electron chi connectivity index (χ4n) is 0.997. The quantitative estimate of drug-likeness (QED) is 0.400. The molecule has 14 heavy (non-hydrogen) atoms. The van der Waals surface area contributed by atoms with Gasteiger partial charge in [-0.3, -0.25) is 0 Å². The van der Waals surface area contributed by atoms with Gasteiger partial charge in [0.2, 0.25) is 0 Å². The zero-order chi connectivity index (χ0) is 11.0. The minimum Gasteiger partial charge on any atom is -0.370 e. The van der Waals surface area contributed by atoms with Crippen LogP contribution in [0.2, 0.25) is 0 Å². The molecule has 4 N–H and O–H groups in total. The highest BCUT2D eigenvalue weighted by molar-refractivity contribution is 5.75. The average Bonchev–Trinajstić information content (AvgIpc) is 2.02. The molecule has 0 saturated heterocycles. The van der Waals surface area contributed by atoms with E-state index in [2.05, 4.69) is 37.9 Å². The van der Waals surface area contributed by atoms with Crippen molar-refractivity contribution in [3.05, 3.63) is 23.3 Å². The molecule has 0 spiro atoms. The maximum Gasteiger partial charge on any atom is 0.186 e. The van der Waals surface area contributed by atoms with Crippen molar-refractivity contribution < 1.29 is 0 Å². The van der Waals surface area contributed by atoms with Crippen molar-refractivity contribution in [3.8, 4) is 0 Å². The van der Waals surface area contributed by atoms with Crippen molar-refractivity contribution in [1.29, 1.82) is 0 Å². The van der Waals surface area contributed by atoms with Crippen LogP contribution in [0.25, 0.3) is 0 Å². The maximum atomic E-state index is 5.21. The molecule has 0 aliphatic heterocycles. The SMILES string of the molecule is CC(C)=CCCC(C)=CCN=C(N)N. The normalized spacial score (nSPS) is 10.9. The van der Waals surface area contributed by atoms with Crippen LogP contribution >= 0.6 is 0 Å². The van der Waals surface area contributed by atoms with Crippen LogP contribution in [-0.2, 0) is 0 Å². The fraction of sp³-hybridized carbons (Fsp3) is 0.545. The first-order valence-corrected chi connectivity index (χ1v) is 4.86. The Morgan fingerprint density at radius 1 is 1.14 bits per heavy atom. The largest absolute Gasteiger partial charge is 0.370 e. The molecule has 0 fully saturated rings. The lowest BCUT2D eigenvalue weighted by atomic mass is 10.1. The lowest BCUT2D eigenvalue weighted by Crippen LogP contribution is -2.22. The van der Waals surface area contributed by atoms with E-state index in [4.69, 9.17) is 11.5 Å². The molecule has 0 aliphatic carbocycles. The monoisotopic (exact) mass is 195 g/mol. The summed E-state index contributed by atoms with van der Waals surface area (Å²) in [6.07, 6.45) is 6.45. The predicted molar refractivity (Wildman–Crippen MR) is 63.1 cm³/mol. The molecule has 0 aliphatic rings. The predicted octanol–water partition coefficient (Wildman–Crippen LogP) is 1.95. The van der Waals surface area contributed by atoms with Gasteiger partial charge in [0.25, 0.3) is 0 Å². The van der Waals surface area contributed by atoms with Gasteiger partial charge in [0.1, 0.15) is 0 Å². The molecule has 0 amide bonds. The van der Waals surface area contributed by atoms with E-state index in [0.717, 1.165) is 12.8 Å². The minimum absolute atomic E-state index is 0.151. The summed E-state index contributed by atoms with van der Waals surface area (Å²) < 4.78 is 0. The Balaban J connectivity index is 3.79. The van der Waals surface area contributed by atoms with Crippen molar-refractivity contribution in [2.24, 2.45) is 16.5 Å². The van der Waals surface area contributed by atoms with E-state index in [1.807, 2.05) is 0 Å². The van der Waals surface area contributed by atoms with Crippen LogP contribution in [0, 0.1) is 0 Å². The van der Waals surface area contributed by atoms with Crippen LogP contribution in [0.3, 0.4) is 0 Å². The lowest BCUT2D eigenvalue weighted by Gasteiger charge is -1.97. The summed E-state index contributed by atoms with van der Waals surface area (Å²) in [6.45, 7) is 6.90. The number of nitrogens with zero attached hydrogens (tertiary/aromatic N) is 1. The third kappa shape index (κ3) is 8.84. The van der Waals surface area contributed by atoms with E-state index in [1.165, 1.54) is 11.1 Å². The summed E-state index contributed by atoms with van der Waals surface area (Å²) in [4.78, 5) is 3.89. The Labute approximate surface area is 86.6 Å². The van der Waals surface area contributed by atoms with Crippen LogP contribution in [-0.4, -0.2) is 12.5 Å². The number of guanidine groups is 1. The zero-order valence-electron chi connectivity index (χ0n) is 9.38. The van der Waals surface area contributed by atoms with Gasteiger partial charge >= 0.3 is 0 Å². The van der Waals surface area contributed by atoms with Gasteiger partial charge in [-0.25, -0.2) is 4.99 Å². The Morgan fingerprint density at radius 3 is 2.29 bits per heavy atom. The van der Waals surface area contributed by atoms with Gasteiger partial charge in [0.15, 0.2) is 5.96 Å². The van der Waals surface area contributed by atoms with Crippen molar-refractivity contribution in [1.82, 2.24) is 0 Å². The third-order valence-electron chi connectivity index (χ3n) is 1.80. The van der Waals surface area contributed by atoms with E-state index in [9.17, 15) is 0 Å². The summed E-state index contributed by atoms with van der Waals surface area (Å²) in [6, 6.07) is 0. The summed E-state index contributed by atoms with van der Waals surface area (Å²) >= 11 is 0. The lowest BCUT2D eigenvalue weighted by molar-refractivity contribution is 0.956. The molecule has 0 bridgehead atoms. The van der Waals surface area contributed by atoms with E-state index in [1.54, 1.807) is 0 Å². The van der Waals surface area contributed by atoms with Crippen LogP contribution in [0.15, 0.2) is 28.3 Å². The number of aliphatic imine (C=N–C) groups is 1. The molecule has 0 radical (unpaired) electrons. The first-order chi connectivity index (χ1) is 6.52. The van der Waals surface area contributed by atoms with Crippen molar-refractivity contribution in [2.75, 3.05) is 6.54 Å². The minimum atomic E-state index is 0.151. The fourth-order valence-corrected chi connectivity index (χ4v) is 0.997. The summed E-state index contributed by atoms with van der Waals surface area (Å²) in [5.74, 6) is 0.151. The van der Waals surface area contributed by atoms with E-state index in [-0.39, 0.29) is 5.96 Å². The van der Waals surface area contributed by atoms with Crippen LogP contribution in [0.5, 0.6) is 0 Å². The number of hydrogen-bond acceptors (Lipinski definition) is 1. The van der Waals surface area contributed by atoms with E-state index >= 15 is 0 Å². The van der Waals surface area contributed by atoms with Gasteiger partial charge in [-0.2, -0.15) is 0 Å².